The summed E-state index contributed by atoms with van der Waals surface area (Å²) in [4.78, 5) is 12.0. The Morgan fingerprint density at radius 1 is 1.20 bits per heavy atom. The molecule has 0 radical (unpaired) electrons. The maximum Gasteiger partial charge on any atom is 0.223 e. The first-order valence-corrected chi connectivity index (χ1v) is 7.58. The topological polar surface area (TPSA) is 67.2 Å². The summed E-state index contributed by atoms with van der Waals surface area (Å²) in [5, 5.41) is 6.36. The maximum absolute atomic E-state index is 12.0. The van der Waals surface area contributed by atoms with Crippen LogP contribution in [0.2, 0.25) is 0 Å². The number of hydrogen-bond donors (Lipinski definition) is 3. The highest BCUT2D eigenvalue weighted by Gasteiger charge is 2.24. The van der Waals surface area contributed by atoms with Crippen LogP contribution in [0.1, 0.15) is 32.1 Å². The van der Waals surface area contributed by atoms with Crippen molar-refractivity contribution in [1.29, 1.82) is 0 Å². The summed E-state index contributed by atoms with van der Waals surface area (Å²) in [6.45, 7) is 1.60. The molecule has 0 spiro atoms. The number of carbonyl (C=O) groups is 1. The van der Waals surface area contributed by atoms with Crippen LogP contribution in [0, 0.1) is 5.92 Å². The molecule has 4 N–H and O–H groups in total. The van der Waals surface area contributed by atoms with Crippen LogP contribution in [0.25, 0.3) is 0 Å². The summed E-state index contributed by atoms with van der Waals surface area (Å²) in [5.74, 6) is 0.306. The van der Waals surface area contributed by atoms with Gasteiger partial charge in [0, 0.05) is 30.7 Å². The maximum atomic E-state index is 12.0. The molecule has 2 atom stereocenters. The van der Waals surface area contributed by atoms with Crippen molar-refractivity contribution >= 4 is 11.6 Å². The first-order valence-electron chi connectivity index (χ1n) is 7.58. The fourth-order valence-electron chi connectivity index (χ4n) is 2.70. The first-order chi connectivity index (χ1) is 9.75. The van der Waals surface area contributed by atoms with E-state index in [0.717, 1.165) is 50.9 Å². The van der Waals surface area contributed by atoms with Crippen molar-refractivity contribution in [3.63, 3.8) is 0 Å². The van der Waals surface area contributed by atoms with Gasteiger partial charge < -0.3 is 16.4 Å². The van der Waals surface area contributed by atoms with Crippen molar-refractivity contribution in [1.82, 2.24) is 5.32 Å². The summed E-state index contributed by atoms with van der Waals surface area (Å²) in [5.41, 5.74) is 7.04. The SMILES string of the molecule is NC1CCCC(C(=O)NCCCNc2ccccc2)C1. The lowest BCUT2D eigenvalue weighted by Crippen LogP contribution is -2.38. The second kappa shape index (κ2) is 7.90. The molecule has 1 saturated carbocycles. The van der Waals surface area contributed by atoms with E-state index in [1.54, 1.807) is 0 Å². The van der Waals surface area contributed by atoms with Crippen LogP contribution in [-0.4, -0.2) is 25.0 Å². The highest BCUT2D eigenvalue weighted by Crippen LogP contribution is 2.22. The van der Waals surface area contributed by atoms with Gasteiger partial charge in [-0.1, -0.05) is 24.6 Å². The lowest BCUT2D eigenvalue weighted by Gasteiger charge is -2.25. The molecule has 1 aromatic rings. The fourth-order valence-corrected chi connectivity index (χ4v) is 2.70. The number of hydrogen-bond acceptors (Lipinski definition) is 3. The van der Waals surface area contributed by atoms with Crippen LogP contribution in [0.3, 0.4) is 0 Å². The van der Waals surface area contributed by atoms with Crippen LogP contribution in [0.15, 0.2) is 30.3 Å². The van der Waals surface area contributed by atoms with E-state index in [0.29, 0.717) is 0 Å². The Balaban J connectivity index is 1.57. The lowest BCUT2D eigenvalue weighted by atomic mass is 9.85. The van der Waals surface area contributed by atoms with Crippen LogP contribution in [-0.2, 0) is 4.79 Å². The monoisotopic (exact) mass is 275 g/mol. The Labute approximate surface area is 121 Å². The first kappa shape index (κ1) is 14.9. The number of nitrogens with one attached hydrogen (secondary N) is 2. The lowest BCUT2D eigenvalue weighted by molar-refractivity contribution is -0.126. The van der Waals surface area contributed by atoms with Gasteiger partial charge in [0.15, 0.2) is 0 Å². The van der Waals surface area contributed by atoms with E-state index in [2.05, 4.69) is 10.6 Å². The Morgan fingerprint density at radius 2 is 2.00 bits per heavy atom. The molecule has 110 valence electrons. The fraction of sp³-hybridized carbons (Fsp3) is 0.562. The number of para-hydroxylation sites is 1. The second-order valence-electron chi connectivity index (χ2n) is 5.56. The van der Waals surface area contributed by atoms with Gasteiger partial charge in [0.2, 0.25) is 5.91 Å². The van der Waals surface area contributed by atoms with Gasteiger partial charge in [-0.3, -0.25) is 4.79 Å². The minimum Gasteiger partial charge on any atom is -0.385 e. The van der Waals surface area contributed by atoms with Crippen molar-refractivity contribution in [3.05, 3.63) is 30.3 Å². The van der Waals surface area contributed by atoms with E-state index in [-0.39, 0.29) is 17.9 Å². The van der Waals surface area contributed by atoms with E-state index in [1.807, 2.05) is 30.3 Å². The van der Waals surface area contributed by atoms with Crippen LogP contribution in [0.4, 0.5) is 5.69 Å². The van der Waals surface area contributed by atoms with E-state index in [9.17, 15) is 4.79 Å². The molecule has 1 aliphatic rings. The highest BCUT2D eigenvalue weighted by molar-refractivity contribution is 5.78. The Hall–Kier alpha value is -1.55. The molecule has 1 aliphatic carbocycles. The number of anilines is 1. The summed E-state index contributed by atoms with van der Waals surface area (Å²) >= 11 is 0. The number of nitrogens with two attached hydrogens (primary N) is 1. The number of benzene rings is 1. The van der Waals surface area contributed by atoms with Crippen molar-refractivity contribution in [2.75, 3.05) is 18.4 Å². The molecule has 20 heavy (non-hydrogen) atoms. The molecule has 0 aliphatic heterocycles. The molecule has 1 fully saturated rings. The van der Waals surface area contributed by atoms with Gasteiger partial charge in [0.1, 0.15) is 0 Å². The Kier molecular flexibility index (Phi) is 5.87. The third-order valence-corrected chi connectivity index (χ3v) is 3.84. The summed E-state index contributed by atoms with van der Waals surface area (Å²) < 4.78 is 0. The van der Waals surface area contributed by atoms with Gasteiger partial charge >= 0.3 is 0 Å². The molecule has 1 amide bonds. The summed E-state index contributed by atoms with van der Waals surface area (Å²) in [6, 6.07) is 10.3. The van der Waals surface area contributed by atoms with Gasteiger partial charge in [-0.15, -0.1) is 0 Å². The average Bonchev–Trinajstić information content (AvgIpc) is 2.48. The van der Waals surface area contributed by atoms with Crippen molar-refractivity contribution in [2.24, 2.45) is 11.7 Å². The minimum absolute atomic E-state index is 0.126. The van der Waals surface area contributed by atoms with E-state index in [4.69, 9.17) is 5.73 Å². The molecule has 0 aromatic heterocycles. The molecular formula is C16H25N3O. The van der Waals surface area contributed by atoms with Crippen LogP contribution >= 0.6 is 0 Å². The van der Waals surface area contributed by atoms with Crippen LogP contribution < -0.4 is 16.4 Å². The van der Waals surface area contributed by atoms with Gasteiger partial charge in [-0.05, 0) is 37.8 Å². The van der Waals surface area contributed by atoms with E-state index < -0.39 is 0 Å². The molecule has 0 heterocycles. The third-order valence-electron chi connectivity index (χ3n) is 3.84. The molecule has 0 saturated heterocycles. The number of amides is 1. The zero-order valence-corrected chi connectivity index (χ0v) is 12.0. The van der Waals surface area contributed by atoms with Gasteiger partial charge in [0.05, 0.1) is 0 Å². The quantitative estimate of drug-likeness (QED) is 0.697. The van der Waals surface area contributed by atoms with Crippen molar-refractivity contribution in [3.8, 4) is 0 Å². The smallest absolute Gasteiger partial charge is 0.223 e. The van der Waals surface area contributed by atoms with Crippen molar-refractivity contribution < 1.29 is 4.79 Å². The Morgan fingerprint density at radius 3 is 2.75 bits per heavy atom. The largest absolute Gasteiger partial charge is 0.385 e. The predicted octanol–water partition coefficient (Wildman–Crippen LogP) is 2.12. The predicted molar refractivity (Wildman–Crippen MR) is 82.5 cm³/mol. The molecular weight excluding hydrogens is 250 g/mol. The second-order valence-corrected chi connectivity index (χ2v) is 5.56. The molecule has 4 nitrogen and oxygen atoms in total. The zero-order valence-electron chi connectivity index (χ0n) is 12.0. The number of rotatable bonds is 6. The summed E-state index contributed by atoms with van der Waals surface area (Å²) in [7, 11) is 0. The molecule has 4 heteroatoms. The summed E-state index contributed by atoms with van der Waals surface area (Å²) in [6.07, 6.45) is 4.90. The third kappa shape index (κ3) is 4.85. The molecule has 1 aromatic carbocycles. The van der Waals surface area contributed by atoms with Crippen molar-refractivity contribution in [2.45, 2.75) is 38.1 Å². The highest BCUT2D eigenvalue weighted by atomic mass is 16.1. The van der Waals surface area contributed by atoms with E-state index >= 15 is 0 Å². The average molecular weight is 275 g/mol. The van der Waals surface area contributed by atoms with Crippen LogP contribution in [0.5, 0.6) is 0 Å². The molecule has 2 unspecified atom stereocenters. The normalized spacial score (nSPS) is 22.2. The van der Waals surface area contributed by atoms with E-state index in [1.165, 1.54) is 0 Å². The molecule has 0 bridgehead atoms. The van der Waals surface area contributed by atoms with Gasteiger partial charge in [-0.25, -0.2) is 0 Å². The zero-order chi connectivity index (χ0) is 14.2. The minimum atomic E-state index is 0.126. The van der Waals surface area contributed by atoms with Gasteiger partial charge in [-0.2, -0.15) is 0 Å². The van der Waals surface area contributed by atoms with Gasteiger partial charge in [0.25, 0.3) is 0 Å². The number of carbonyl (C=O) groups excluding carboxylic acids is 1. The Bertz CT molecular complexity index is 407. The molecule has 2 rings (SSSR count). The standard InChI is InChI=1S/C16H25N3O/c17-14-7-4-6-13(12-14)16(20)19-11-5-10-18-15-8-2-1-3-9-15/h1-3,8-9,13-14,18H,4-7,10-12,17H2,(H,19,20).